The van der Waals surface area contributed by atoms with Crippen LogP contribution in [0.4, 0.5) is 5.82 Å². The van der Waals surface area contributed by atoms with Crippen molar-refractivity contribution in [2.75, 3.05) is 5.73 Å². The Bertz CT molecular complexity index is 491. The van der Waals surface area contributed by atoms with Crippen molar-refractivity contribution < 1.29 is 4.79 Å². The Labute approximate surface area is 98.3 Å². The van der Waals surface area contributed by atoms with E-state index in [1.807, 2.05) is 6.92 Å². The summed E-state index contributed by atoms with van der Waals surface area (Å²) >= 11 is 0. The van der Waals surface area contributed by atoms with Crippen LogP contribution < -0.4 is 11.1 Å². The van der Waals surface area contributed by atoms with Gasteiger partial charge in [0.05, 0.1) is 17.8 Å². The van der Waals surface area contributed by atoms with Crippen LogP contribution in [-0.2, 0) is 0 Å². The lowest BCUT2D eigenvalue weighted by Crippen LogP contribution is -2.26. The fourth-order valence-electron chi connectivity index (χ4n) is 1.40. The van der Waals surface area contributed by atoms with Crippen LogP contribution >= 0.6 is 0 Å². The van der Waals surface area contributed by atoms with Crippen molar-refractivity contribution >= 4 is 11.7 Å². The molecule has 0 saturated carbocycles. The van der Waals surface area contributed by atoms with Gasteiger partial charge in [0.15, 0.2) is 0 Å². The summed E-state index contributed by atoms with van der Waals surface area (Å²) in [5, 5.41) is 9.37. The Balaban J connectivity index is 2.04. The maximum atomic E-state index is 11.8. The summed E-state index contributed by atoms with van der Waals surface area (Å²) in [5.41, 5.74) is 6.85. The fraction of sp³-hybridized carbons (Fsp3) is 0.182. The molecule has 0 bridgehead atoms. The second-order valence-electron chi connectivity index (χ2n) is 3.70. The summed E-state index contributed by atoms with van der Waals surface area (Å²) in [7, 11) is 0. The lowest BCUT2D eigenvalue weighted by atomic mass is 10.1. The molecule has 2 aromatic heterocycles. The van der Waals surface area contributed by atoms with Crippen molar-refractivity contribution in [1.29, 1.82) is 0 Å². The van der Waals surface area contributed by atoms with Gasteiger partial charge in [0.1, 0.15) is 5.82 Å². The van der Waals surface area contributed by atoms with E-state index in [0.29, 0.717) is 11.4 Å². The quantitative estimate of drug-likeness (QED) is 0.730. The van der Waals surface area contributed by atoms with E-state index in [0.717, 1.165) is 5.56 Å². The van der Waals surface area contributed by atoms with E-state index in [9.17, 15) is 4.79 Å². The number of H-pyrrole nitrogens is 1. The number of nitrogens with zero attached hydrogens (tertiary/aromatic N) is 2. The van der Waals surface area contributed by atoms with E-state index in [1.54, 1.807) is 24.5 Å². The summed E-state index contributed by atoms with van der Waals surface area (Å²) in [6.45, 7) is 1.88. The Kier molecular flexibility index (Phi) is 3.04. The molecule has 0 aliphatic heterocycles. The number of nitrogens with one attached hydrogen (secondary N) is 2. The number of pyridine rings is 1. The van der Waals surface area contributed by atoms with Crippen molar-refractivity contribution in [1.82, 2.24) is 20.5 Å². The minimum Gasteiger partial charge on any atom is -0.384 e. The van der Waals surface area contributed by atoms with Gasteiger partial charge in [-0.05, 0) is 19.1 Å². The topological polar surface area (TPSA) is 96.7 Å². The van der Waals surface area contributed by atoms with Crippen molar-refractivity contribution in [3.05, 3.63) is 41.9 Å². The molecule has 6 heteroatoms. The van der Waals surface area contributed by atoms with E-state index >= 15 is 0 Å². The summed E-state index contributed by atoms with van der Waals surface area (Å²) in [6.07, 6.45) is 4.87. The second kappa shape index (κ2) is 4.65. The monoisotopic (exact) mass is 231 g/mol. The first-order valence-corrected chi connectivity index (χ1v) is 5.18. The lowest BCUT2D eigenvalue weighted by molar-refractivity contribution is 0.0939. The number of carbonyl (C=O) groups is 1. The highest BCUT2D eigenvalue weighted by Crippen LogP contribution is 2.10. The van der Waals surface area contributed by atoms with Crippen LogP contribution in [0.5, 0.6) is 0 Å². The van der Waals surface area contributed by atoms with Gasteiger partial charge in [0.25, 0.3) is 5.91 Å². The summed E-state index contributed by atoms with van der Waals surface area (Å²) in [4.78, 5) is 15.7. The number of anilines is 1. The first-order chi connectivity index (χ1) is 8.16. The third-order valence-corrected chi connectivity index (χ3v) is 2.42. The number of hydrogen-bond acceptors (Lipinski definition) is 4. The van der Waals surface area contributed by atoms with Gasteiger partial charge in [-0.1, -0.05) is 0 Å². The first-order valence-electron chi connectivity index (χ1n) is 5.18. The standard InChI is InChI=1S/C11H13N5O/c1-7(9-5-14-15-6-9)16-11(17)8-2-3-10(12)13-4-8/h2-7H,1H3,(H2,12,13)(H,14,15)(H,16,17). The van der Waals surface area contributed by atoms with Crippen LogP contribution in [0.1, 0.15) is 28.9 Å². The molecule has 4 N–H and O–H groups in total. The van der Waals surface area contributed by atoms with E-state index in [-0.39, 0.29) is 11.9 Å². The van der Waals surface area contributed by atoms with Crippen molar-refractivity contribution in [2.45, 2.75) is 13.0 Å². The fourth-order valence-corrected chi connectivity index (χ4v) is 1.40. The predicted octanol–water partition coefficient (Wildman–Crippen LogP) is 0.878. The molecule has 17 heavy (non-hydrogen) atoms. The molecule has 0 aromatic carbocycles. The van der Waals surface area contributed by atoms with Crippen LogP contribution in [0.3, 0.4) is 0 Å². The maximum Gasteiger partial charge on any atom is 0.253 e. The van der Waals surface area contributed by atoms with Crippen molar-refractivity contribution in [3.8, 4) is 0 Å². The zero-order valence-electron chi connectivity index (χ0n) is 9.34. The van der Waals surface area contributed by atoms with Gasteiger partial charge in [0, 0.05) is 18.0 Å². The number of aromatic nitrogens is 3. The number of nitrogen functional groups attached to an aromatic ring is 1. The highest BCUT2D eigenvalue weighted by atomic mass is 16.1. The number of aromatic amines is 1. The molecule has 2 rings (SSSR count). The van der Waals surface area contributed by atoms with Gasteiger partial charge < -0.3 is 11.1 Å². The van der Waals surface area contributed by atoms with Gasteiger partial charge in [0.2, 0.25) is 0 Å². The smallest absolute Gasteiger partial charge is 0.253 e. The van der Waals surface area contributed by atoms with Crippen LogP contribution in [-0.4, -0.2) is 21.1 Å². The first kappa shape index (κ1) is 11.1. The minimum absolute atomic E-state index is 0.112. The van der Waals surface area contributed by atoms with Gasteiger partial charge in [-0.3, -0.25) is 9.89 Å². The number of nitrogens with two attached hydrogens (primary N) is 1. The molecule has 0 aliphatic carbocycles. The highest BCUT2D eigenvalue weighted by Gasteiger charge is 2.12. The van der Waals surface area contributed by atoms with Crippen LogP contribution in [0.15, 0.2) is 30.7 Å². The maximum absolute atomic E-state index is 11.8. The Hall–Kier alpha value is -2.37. The molecule has 0 aliphatic rings. The molecule has 1 unspecified atom stereocenters. The zero-order chi connectivity index (χ0) is 12.3. The largest absolute Gasteiger partial charge is 0.384 e. The van der Waals surface area contributed by atoms with E-state index in [1.165, 1.54) is 6.20 Å². The highest BCUT2D eigenvalue weighted by molar-refractivity contribution is 5.94. The number of amides is 1. The van der Waals surface area contributed by atoms with Crippen molar-refractivity contribution in [3.63, 3.8) is 0 Å². The summed E-state index contributed by atoms with van der Waals surface area (Å²) in [6, 6.07) is 3.12. The average molecular weight is 231 g/mol. The molecule has 0 spiro atoms. The SMILES string of the molecule is CC(NC(=O)c1ccc(N)nc1)c1cn[nH]c1. The Morgan fingerprint density at radius 3 is 2.88 bits per heavy atom. The van der Waals surface area contributed by atoms with Gasteiger partial charge >= 0.3 is 0 Å². The molecule has 2 aromatic rings. The Morgan fingerprint density at radius 2 is 2.29 bits per heavy atom. The number of rotatable bonds is 3. The van der Waals surface area contributed by atoms with Gasteiger partial charge in [-0.15, -0.1) is 0 Å². The van der Waals surface area contributed by atoms with Crippen molar-refractivity contribution in [2.24, 2.45) is 0 Å². The summed E-state index contributed by atoms with van der Waals surface area (Å²) < 4.78 is 0. The number of hydrogen-bond donors (Lipinski definition) is 3. The molecular formula is C11H13N5O. The van der Waals surface area contributed by atoms with Gasteiger partial charge in [-0.2, -0.15) is 5.10 Å². The molecule has 6 nitrogen and oxygen atoms in total. The average Bonchev–Trinajstić information content (AvgIpc) is 2.83. The minimum atomic E-state index is -0.189. The predicted molar refractivity (Wildman–Crippen MR) is 63.1 cm³/mol. The van der Waals surface area contributed by atoms with Crippen LogP contribution in [0.2, 0.25) is 0 Å². The Morgan fingerprint density at radius 1 is 1.47 bits per heavy atom. The molecule has 0 fully saturated rings. The third-order valence-electron chi connectivity index (χ3n) is 2.42. The second-order valence-corrected chi connectivity index (χ2v) is 3.70. The number of carbonyl (C=O) groups excluding carboxylic acids is 1. The lowest BCUT2D eigenvalue weighted by Gasteiger charge is -2.11. The molecular weight excluding hydrogens is 218 g/mol. The summed E-state index contributed by atoms with van der Waals surface area (Å²) in [5.74, 6) is 0.204. The normalized spacial score (nSPS) is 12.1. The van der Waals surface area contributed by atoms with E-state index in [4.69, 9.17) is 5.73 Å². The molecule has 88 valence electrons. The molecule has 0 radical (unpaired) electrons. The zero-order valence-corrected chi connectivity index (χ0v) is 9.34. The molecule has 1 atom stereocenters. The van der Waals surface area contributed by atoms with E-state index < -0.39 is 0 Å². The van der Waals surface area contributed by atoms with Crippen LogP contribution in [0.25, 0.3) is 0 Å². The molecule has 1 amide bonds. The van der Waals surface area contributed by atoms with Gasteiger partial charge in [-0.25, -0.2) is 4.98 Å². The molecule has 0 saturated heterocycles. The van der Waals surface area contributed by atoms with Crippen LogP contribution in [0, 0.1) is 0 Å². The molecule has 2 heterocycles. The third kappa shape index (κ3) is 2.60. The van der Waals surface area contributed by atoms with E-state index in [2.05, 4.69) is 20.5 Å².